The summed E-state index contributed by atoms with van der Waals surface area (Å²) < 4.78 is 1.57. The normalized spacial score (nSPS) is 20.8. The highest BCUT2D eigenvalue weighted by atomic mass is 16.6. The molecule has 1 fully saturated rings. The lowest BCUT2D eigenvalue weighted by Crippen LogP contribution is -2.47. The zero-order valence-electron chi connectivity index (χ0n) is 13.8. The third-order valence-electron chi connectivity index (χ3n) is 4.63. The quantitative estimate of drug-likeness (QED) is 0.640. The Hall–Kier alpha value is -2.70. The second kappa shape index (κ2) is 6.43. The van der Waals surface area contributed by atoms with Gasteiger partial charge in [0, 0.05) is 36.1 Å². The number of rotatable bonds is 3. The van der Waals surface area contributed by atoms with Crippen LogP contribution in [0.1, 0.15) is 43.5 Å². The summed E-state index contributed by atoms with van der Waals surface area (Å²) in [6.07, 6.45) is 7.72. The minimum absolute atomic E-state index is 0.101. The van der Waals surface area contributed by atoms with Gasteiger partial charge in [-0.2, -0.15) is 0 Å². The summed E-state index contributed by atoms with van der Waals surface area (Å²) in [5, 5.41) is 11.4. The molecule has 24 heavy (non-hydrogen) atoms. The first-order valence-corrected chi connectivity index (χ1v) is 8.08. The number of nitro benzene ring substituents is 1. The van der Waals surface area contributed by atoms with Gasteiger partial charge in [-0.3, -0.25) is 14.9 Å². The van der Waals surface area contributed by atoms with Gasteiger partial charge in [0.25, 0.3) is 11.6 Å². The number of carbonyl (C=O) groups excluding carboxylic acids is 1. The zero-order valence-corrected chi connectivity index (χ0v) is 13.8. The summed E-state index contributed by atoms with van der Waals surface area (Å²) in [6.45, 7) is 4.06. The molecule has 1 aromatic carbocycles. The molecule has 0 saturated carbocycles. The van der Waals surface area contributed by atoms with Crippen LogP contribution in [-0.4, -0.2) is 37.4 Å². The number of likely N-dealkylation sites (tertiary alicyclic amines) is 1. The maximum atomic E-state index is 12.9. The first-order chi connectivity index (χ1) is 11.5. The van der Waals surface area contributed by atoms with Crippen molar-refractivity contribution < 1.29 is 9.72 Å². The summed E-state index contributed by atoms with van der Waals surface area (Å²) in [5.41, 5.74) is 0.649. The van der Waals surface area contributed by atoms with Crippen molar-refractivity contribution in [2.45, 2.75) is 45.2 Å². The van der Waals surface area contributed by atoms with E-state index in [0.29, 0.717) is 11.3 Å². The van der Waals surface area contributed by atoms with Crippen molar-refractivity contribution >= 4 is 11.6 Å². The van der Waals surface area contributed by atoms with E-state index in [9.17, 15) is 14.9 Å². The first kappa shape index (κ1) is 16.2. The van der Waals surface area contributed by atoms with Crippen LogP contribution in [0.4, 0.5) is 5.69 Å². The fourth-order valence-electron chi connectivity index (χ4n) is 3.39. The van der Waals surface area contributed by atoms with Crippen LogP contribution in [-0.2, 0) is 0 Å². The Morgan fingerprint density at radius 1 is 1.29 bits per heavy atom. The van der Waals surface area contributed by atoms with E-state index in [1.165, 1.54) is 12.4 Å². The van der Waals surface area contributed by atoms with E-state index in [-0.39, 0.29) is 23.7 Å². The van der Waals surface area contributed by atoms with Crippen molar-refractivity contribution in [1.82, 2.24) is 14.5 Å². The number of hydrogen-bond donors (Lipinski definition) is 0. The molecule has 0 radical (unpaired) electrons. The lowest BCUT2D eigenvalue weighted by molar-refractivity contribution is -0.384. The second-order valence-electron chi connectivity index (χ2n) is 6.27. The molecule has 3 rings (SSSR count). The maximum absolute atomic E-state index is 12.9. The highest BCUT2D eigenvalue weighted by Gasteiger charge is 2.30. The average Bonchev–Trinajstić information content (AvgIpc) is 3.08. The van der Waals surface area contributed by atoms with Crippen LogP contribution >= 0.6 is 0 Å². The fourth-order valence-corrected chi connectivity index (χ4v) is 3.39. The second-order valence-corrected chi connectivity index (χ2v) is 6.27. The molecule has 0 unspecified atom stereocenters. The number of nitro groups is 1. The Bertz CT molecular complexity index is 747. The molecule has 126 valence electrons. The maximum Gasteiger partial charge on any atom is 0.294 e. The molecular weight excluding hydrogens is 308 g/mol. The third kappa shape index (κ3) is 2.89. The van der Waals surface area contributed by atoms with E-state index in [0.717, 1.165) is 19.3 Å². The monoisotopic (exact) mass is 328 g/mol. The lowest BCUT2D eigenvalue weighted by Gasteiger charge is -2.39. The predicted octanol–water partition coefficient (Wildman–Crippen LogP) is 3.18. The number of carbonyl (C=O) groups is 1. The molecule has 0 spiro atoms. The molecule has 2 aromatic rings. The molecule has 2 atom stereocenters. The van der Waals surface area contributed by atoms with Crippen LogP contribution < -0.4 is 0 Å². The Kier molecular flexibility index (Phi) is 4.33. The minimum atomic E-state index is -0.463. The Balaban J connectivity index is 1.98. The number of piperidine rings is 1. The molecule has 1 saturated heterocycles. The molecule has 1 amide bonds. The molecule has 0 bridgehead atoms. The van der Waals surface area contributed by atoms with Gasteiger partial charge in [-0.05, 0) is 45.2 Å². The molecule has 2 heterocycles. The van der Waals surface area contributed by atoms with Crippen molar-refractivity contribution in [3.8, 4) is 5.69 Å². The summed E-state index contributed by atoms with van der Waals surface area (Å²) in [6, 6.07) is 4.92. The van der Waals surface area contributed by atoms with Gasteiger partial charge >= 0.3 is 0 Å². The predicted molar refractivity (Wildman–Crippen MR) is 89.2 cm³/mol. The highest BCUT2D eigenvalue weighted by molar-refractivity contribution is 5.95. The third-order valence-corrected chi connectivity index (χ3v) is 4.63. The van der Waals surface area contributed by atoms with Crippen molar-refractivity contribution in [2.24, 2.45) is 0 Å². The number of aromatic nitrogens is 2. The van der Waals surface area contributed by atoms with E-state index in [4.69, 9.17) is 0 Å². The van der Waals surface area contributed by atoms with E-state index >= 15 is 0 Å². The van der Waals surface area contributed by atoms with Crippen LogP contribution in [0, 0.1) is 10.1 Å². The Labute approximate surface area is 140 Å². The molecule has 0 N–H and O–H groups in total. The molecule has 0 aliphatic carbocycles. The smallest absolute Gasteiger partial charge is 0.294 e. The summed E-state index contributed by atoms with van der Waals surface area (Å²) >= 11 is 0. The summed E-state index contributed by atoms with van der Waals surface area (Å²) in [4.78, 5) is 29.6. The fraction of sp³-hybridized carbons (Fsp3) is 0.412. The van der Waals surface area contributed by atoms with E-state index in [1.807, 2.05) is 18.7 Å². The minimum Gasteiger partial charge on any atom is -0.333 e. The van der Waals surface area contributed by atoms with Crippen LogP contribution in [0.5, 0.6) is 0 Å². The van der Waals surface area contributed by atoms with Crippen LogP contribution in [0.25, 0.3) is 5.69 Å². The van der Waals surface area contributed by atoms with Crippen molar-refractivity contribution in [1.29, 1.82) is 0 Å². The zero-order chi connectivity index (χ0) is 17.3. The molecular formula is C17H20N4O3. The van der Waals surface area contributed by atoms with Crippen LogP contribution in [0.3, 0.4) is 0 Å². The van der Waals surface area contributed by atoms with E-state index in [1.54, 1.807) is 29.1 Å². The SMILES string of the molecule is C[C@@H]1CCC[C@@H](C)N1C(=O)c1ccc(-n2ccnc2)c([N+](=O)[O-])c1. The van der Waals surface area contributed by atoms with Gasteiger partial charge in [0.05, 0.1) is 11.3 Å². The van der Waals surface area contributed by atoms with Gasteiger partial charge in [-0.1, -0.05) is 0 Å². The molecule has 7 heteroatoms. The standard InChI is InChI=1S/C17H20N4O3/c1-12-4-3-5-13(2)20(12)17(22)14-6-7-15(16(10-14)21(23)24)19-9-8-18-11-19/h6-13H,3-5H2,1-2H3/t12-,13-/m1/s1. The Morgan fingerprint density at radius 2 is 2.00 bits per heavy atom. The number of nitrogens with zero attached hydrogens (tertiary/aromatic N) is 4. The molecule has 7 nitrogen and oxygen atoms in total. The van der Waals surface area contributed by atoms with Gasteiger partial charge < -0.3 is 9.47 Å². The van der Waals surface area contributed by atoms with Gasteiger partial charge in [-0.25, -0.2) is 4.98 Å². The number of hydrogen-bond acceptors (Lipinski definition) is 4. The summed E-state index contributed by atoms with van der Waals surface area (Å²) in [7, 11) is 0. The van der Waals surface area contributed by atoms with Gasteiger partial charge in [-0.15, -0.1) is 0 Å². The summed E-state index contributed by atoms with van der Waals surface area (Å²) in [5.74, 6) is -0.144. The molecule has 1 aliphatic rings. The van der Waals surface area contributed by atoms with Gasteiger partial charge in [0.15, 0.2) is 0 Å². The Morgan fingerprint density at radius 3 is 2.58 bits per heavy atom. The number of benzene rings is 1. The highest BCUT2D eigenvalue weighted by Crippen LogP contribution is 2.28. The van der Waals surface area contributed by atoms with Crippen molar-refractivity contribution in [3.05, 3.63) is 52.6 Å². The van der Waals surface area contributed by atoms with Gasteiger partial charge in [0.1, 0.15) is 5.69 Å². The van der Waals surface area contributed by atoms with Crippen molar-refractivity contribution in [3.63, 3.8) is 0 Å². The van der Waals surface area contributed by atoms with Crippen LogP contribution in [0.2, 0.25) is 0 Å². The van der Waals surface area contributed by atoms with E-state index < -0.39 is 4.92 Å². The average molecular weight is 328 g/mol. The van der Waals surface area contributed by atoms with E-state index in [2.05, 4.69) is 4.98 Å². The first-order valence-electron chi connectivity index (χ1n) is 8.08. The van der Waals surface area contributed by atoms with Gasteiger partial charge in [0.2, 0.25) is 0 Å². The van der Waals surface area contributed by atoms with Crippen LogP contribution in [0.15, 0.2) is 36.9 Å². The molecule has 1 aromatic heterocycles. The largest absolute Gasteiger partial charge is 0.333 e. The number of amides is 1. The number of imidazole rings is 1. The topological polar surface area (TPSA) is 81.3 Å². The molecule has 1 aliphatic heterocycles. The lowest BCUT2D eigenvalue weighted by atomic mass is 9.96. The van der Waals surface area contributed by atoms with Crippen molar-refractivity contribution in [2.75, 3.05) is 0 Å².